The number of nitrogens with zero attached hydrogens (tertiary/aromatic N) is 2. The molecule has 0 unspecified atom stereocenters. The van der Waals surface area contributed by atoms with Gasteiger partial charge in [-0.1, -0.05) is 24.3 Å². The molecule has 0 saturated carbocycles. The van der Waals surface area contributed by atoms with Crippen molar-refractivity contribution < 1.29 is 19.0 Å². The van der Waals surface area contributed by atoms with Gasteiger partial charge in [0.25, 0.3) is 5.91 Å². The van der Waals surface area contributed by atoms with Crippen LogP contribution in [-0.2, 0) is 14.1 Å². The minimum atomic E-state index is -0.685. The van der Waals surface area contributed by atoms with Crippen molar-refractivity contribution in [3.63, 3.8) is 0 Å². The second-order valence-corrected chi connectivity index (χ2v) is 7.47. The molecule has 9 heteroatoms. The van der Waals surface area contributed by atoms with Crippen molar-refractivity contribution in [1.29, 1.82) is 0 Å². The lowest BCUT2D eigenvalue weighted by Crippen LogP contribution is -2.39. The highest BCUT2D eigenvalue weighted by atomic mass is 16.5. The van der Waals surface area contributed by atoms with Crippen LogP contribution in [0.15, 0.2) is 70.3 Å². The van der Waals surface area contributed by atoms with E-state index in [9.17, 15) is 14.4 Å². The second kappa shape index (κ2) is 9.14. The predicted molar refractivity (Wildman–Crippen MR) is 128 cm³/mol. The number of aromatic nitrogens is 2. The molecule has 0 aliphatic rings. The number of anilines is 1. The summed E-state index contributed by atoms with van der Waals surface area (Å²) < 4.78 is 19.2. The largest absolute Gasteiger partial charge is 0.496 e. The minimum Gasteiger partial charge on any atom is -0.496 e. The van der Waals surface area contributed by atoms with E-state index in [1.165, 1.54) is 37.4 Å². The molecule has 4 aromatic rings. The first-order valence-electron chi connectivity index (χ1n) is 10.3. The van der Waals surface area contributed by atoms with Gasteiger partial charge in [0.1, 0.15) is 22.8 Å². The molecule has 0 aliphatic carbocycles. The number of aryl methyl sites for hydroxylation is 2. The summed E-state index contributed by atoms with van der Waals surface area (Å²) in [4.78, 5) is 38.1. The van der Waals surface area contributed by atoms with Crippen molar-refractivity contribution >= 4 is 22.6 Å². The van der Waals surface area contributed by atoms with Crippen molar-refractivity contribution in [3.05, 3.63) is 86.9 Å². The Balaban J connectivity index is 1.90. The quantitative estimate of drug-likeness (QED) is 0.442. The van der Waals surface area contributed by atoms with Gasteiger partial charge in [0.05, 0.1) is 30.9 Å². The number of methoxy groups -OCH3 is 2. The molecule has 1 aromatic heterocycles. The topological polar surface area (TPSA) is 101 Å². The zero-order chi connectivity index (χ0) is 24.4. The maximum Gasteiger partial charge on any atom is 0.316 e. The Hall–Kier alpha value is -4.53. The van der Waals surface area contributed by atoms with E-state index in [0.717, 1.165) is 0 Å². The zero-order valence-corrected chi connectivity index (χ0v) is 19.1. The first kappa shape index (κ1) is 22.7. The summed E-state index contributed by atoms with van der Waals surface area (Å²) in [5.74, 6) is 0.980. The van der Waals surface area contributed by atoms with Gasteiger partial charge < -0.3 is 28.7 Å². The third-order valence-electron chi connectivity index (χ3n) is 5.47. The standard InChI is InChI=1S/C25H23N3O6/c1-27-17-13-16(26-23(29)22-19(32-3)11-8-12-20(22)33-4)21(34-15-9-6-5-7-10-15)14-18(17)28(2)25(31)24(27)30/h5-14H,1-4H3,(H,26,29). The van der Waals surface area contributed by atoms with Gasteiger partial charge in [0.2, 0.25) is 0 Å². The van der Waals surface area contributed by atoms with Crippen LogP contribution in [0.5, 0.6) is 23.0 Å². The molecular formula is C25H23N3O6. The Morgan fingerprint density at radius 1 is 0.765 bits per heavy atom. The molecule has 0 fully saturated rings. The summed E-state index contributed by atoms with van der Waals surface area (Å²) in [6.45, 7) is 0. The lowest BCUT2D eigenvalue weighted by atomic mass is 10.1. The monoisotopic (exact) mass is 461 g/mol. The first-order valence-corrected chi connectivity index (χ1v) is 10.3. The molecule has 3 aromatic carbocycles. The highest BCUT2D eigenvalue weighted by Crippen LogP contribution is 2.35. The molecule has 0 atom stereocenters. The number of ether oxygens (including phenoxy) is 3. The molecule has 9 nitrogen and oxygen atoms in total. The lowest BCUT2D eigenvalue weighted by Gasteiger charge is -2.18. The van der Waals surface area contributed by atoms with E-state index in [4.69, 9.17) is 14.2 Å². The van der Waals surface area contributed by atoms with Crippen molar-refractivity contribution in [2.75, 3.05) is 19.5 Å². The third-order valence-corrected chi connectivity index (χ3v) is 5.47. The number of hydrogen-bond acceptors (Lipinski definition) is 6. The highest BCUT2D eigenvalue weighted by Gasteiger charge is 2.21. The molecule has 0 spiro atoms. The van der Waals surface area contributed by atoms with Crippen LogP contribution in [0.4, 0.5) is 5.69 Å². The van der Waals surface area contributed by atoms with E-state index in [-0.39, 0.29) is 11.3 Å². The van der Waals surface area contributed by atoms with Crippen molar-refractivity contribution in [2.45, 2.75) is 0 Å². The molecule has 0 bridgehead atoms. The average molecular weight is 461 g/mol. The van der Waals surface area contributed by atoms with Crippen LogP contribution in [0, 0.1) is 0 Å². The van der Waals surface area contributed by atoms with Gasteiger partial charge in [-0.25, -0.2) is 0 Å². The van der Waals surface area contributed by atoms with Crippen molar-refractivity contribution in [1.82, 2.24) is 9.13 Å². The Bertz CT molecular complexity index is 1480. The summed E-state index contributed by atoms with van der Waals surface area (Å²) in [6, 6.07) is 17.2. The number of benzene rings is 3. The number of para-hydroxylation sites is 1. The molecule has 1 amide bonds. The summed E-state index contributed by atoms with van der Waals surface area (Å²) in [7, 11) is 5.93. The Morgan fingerprint density at radius 3 is 1.88 bits per heavy atom. The number of nitrogens with one attached hydrogen (secondary N) is 1. The van der Waals surface area contributed by atoms with E-state index >= 15 is 0 Å². The minimum absolute atomic E-state index is 0.201. The number of hydrogen-bond donors (Lipinski definition) is 1. The Labute approximate surface area is 194 Å². The third kappa shape index (κ3) is 3.99. The van der Waals surface area contributed by atoms with Gasteiger partial charge in [-0.15, -0.1) is 0 Å². The van der Waals surface area contributed by atoms with E-state index in [2.05, 4.69) is 5.32 Å². The summed E-state index contributed by atoms with van der Waals surface area (Å²) >= 11 is 0. The van der Waals surface area contributed by atoms with Crippen LogP contribution in [0.1, 0.15) is 10.4 Å². The maximum absolute atomic E-state index is 13.3. The number of carbonyl (C=O) groups is 1. The normalized spacial score (nSPS) is 10.7. The van der Waals surface area contributed by atoms with E-state index in [1.807, 2.05) is 18.2 Å². The highest BCUT2D eigenvalue weighted by molar-refractivity contribution is 6.09. The van der Waals surface area contributed by atoms with Gasteiger partial charge in [0, 0.05) is 20.2 Å². The SMILES string of the molecule is COc1cccc(OC)c1C(=O)Nc1cc2c(cc1Oc1ccccc1)n(C)c(=O)c(=O)n2C. The van der Waals surface area contributed by atoms with Crippen LogP contribution < -0.4 is 30.6 Å². The van der Waals surface area contributed by atoms with E-state index in [0.29, 0.717) is 34.0 Å². The lowest BCUT2D eigenvalue weighted by molar-refractivity contribution is 0.102. The Morgan fingerprint density at radius 2 is 1.32 bits per heavy atom. The summed E-state index contributed by atoms with van der Waals surface area (Å²) in [6.07, 6.45) is 0. The smallest absolute Gasteiger partial charge is 0.316 e. The molecule has 174 valence electrons. The Kier molecular flexibility index (Phi) is 6.09. The molecular weight excluding hydrogens is 438 g/mol. The van der Waals surface area contributed by atoms with Gasteiger partial charge in [-0.3, -0.25) is 14.4 Å². The summed E-state index contributed by atoms with van der Waals surface area (Å²) in [5.41, 5.74) is 0.0443. The first-order chi connectivity index (χ1) is 16.3. The van der Waals surface area contributed by atoms with Crippen molar-refractivity contribution in [3.8, 4) is 23.0 Å². The molecule has 0 saturated heterocycles. The van der Waals surface area contributed by atoms with Crippen LogP contribution >= 0.6 is 0 Å². The predicted octanol–water partition coefficient (Wildman–Crippen LogP) is 3.30. The molecule has 0 aliphatic heterocycles. The van der Waals surface area contributed by atoms with Gasteiger partial charge >= 0.3 is 11.1 Å². The molecule has 1 heterocycles. The molecule has 34 heavy (non-hydrogen) atoms. The van der Waals surface area contributed by atoms with E-state index in [1.54, 1.807) is 42.5 Å². The van der Waals surface area contributed by atoms with Gasteiger partial charge in [-0.2, -0.15) is 0 Å². The number of carbonyl (C=O) groups excluding carboxylic acids is 1. The van der Waals surface area contributed by atoms with Crippen molar-refractivity contribution in [2.24, 2.45) is 14.1 Å². The van der Waals surface area contributed by atoms with Crippen LogP contribution in [0.3, 0.4) is 0 Å². The fraction of sp³-hybridized carbons (Fsp3) is 0.160. The number of rotatable bonds is 6. The maximum atomic E-state index is 13.3. The molecule has 4 rings (SSSR count). The van der Waals surface area contributed by atoms with Gasteiger partial charge in [-0.05, 0) is 30.3 Å². The number of amides is 1. The van der Waals surface area contributed by atoms with Crippen LogP contribution in [0.25, 0.3) is 11.0 Å². The average Bonchev–Trinajstić information content (AvgIpc) is 2.86. The van der Waals surface area contributed by atoms with E-state index < -0.39 is 17.0 Å². The van der Waals surface area contributed by atoms with Gasteiger partial charge in [0.15, 0.2) is 5.75 Å². The zero-order valence-electron chi connectivity index (χ0n) is 19.1. The summed E-state index contributed by atoms with van der Waals surface area (Å²) in [5, 5.41) is 2.84. The van der Waals surface area contributed by atoms with Crippen LogP contribution in [0.2, 0.25) is 0 Å². The second-order valence-electron chi connectivity index (χ2n) is 7.47. The van der Waals surface area contributed by atoms with Crippen LogP contribution in [-0.4, -0.2) is 29.3 Å². The molecule has 0 radical (unpaired) electrons. The fourth-order valence-electron chi connectivity index (χ4n) is 3.66. The fourth-order valence-corrected chi connectivity index (χ4v) is 3.66. The molecule has 1 N–H and O–H groups in total. The number of fused-ring (bicyclic) bond motifs is 1.